The number of anilines is 1. The van der Waals surface area contributed by atoms with Crippen molar-refractivity contribution >= 4 is 23.2 Å². The second-order valence-electron chi connectivity index (χ2n) is 5.60. The molecule has 134 valence electrons. The summed E-state index contributed by atoms with van der Waals surface area (Å²) < 4.78 is 38.5. The van der Waals surface area contributed by atoms with Gasteiger partial charge in [0.2, 0.25) is 5.91 Å². The Hall–Kier alpha value is -2.21. The van der Waals surface area contributed by atoms with Gasteiger partial charge in [-0.1, -0.05) is 41.9 Å². The summed E-state index contributed by atoms with van der Waals surface area (Å²) in [6, 6.07) is 13.1. The van der Waals surface area contributed by atoms with Crippen LogP contribution in [0.25, 0.3) is 0 Å². The molecule has 2 aromatic carbocycles. The van der Waals surface area contributed by atoms with Crippen LogP contribution in [-0.4, -0.2) is 24.4 Å². The molecule has 0 atom stereocenters. The van der Waals surface area contributed by atoms with Gasteiger partial charge in [0, 0.05) is 32.2 Å². The molecule has 1 amide bonds. The summed E-state index contributed by atoms with van der Waals surface area (Å²) in [5, 5.41) is 2.48. The number of hydrogen-bond donors (Lipinski definition) is 1. The lowest BCUT2D eigenvalue weighted by atomic mass is 10.2. The van der Waals surface area contributed by atoms with Crippen LogP contribution in [0.3, 0.4) is 0 Å². The summed E-state index contributed by atoms with van der Waals surface area (Å²) in [5.74, 6) is -0.0960. The number of amides is 1. The molecule has 0 bridgehead atoms. The van der Waals surface area contributed by atoms with E-state index in [1.165, 1.54) is 12.1 Å². The Morgan fingerprint density at radius 1 is 1.16 bits per heavy atom. The van der Waals surface area contributed by atoms with Crippen LogP contribution in [0.15, 0.2) is 48.5 Å². The van der Waals surface area contributed by atoms with Gasteiger partial charge in [-0.25, -0.2) is 0 Å². The summed E-state index contributed by atoms with van der Waals surface area (Å²) in [7, 11) is 1.69. The normalized spacial score (nSPS) is 11.2. The minimum atomic E-state index is -4.51. The van der Waals surface area contributed by atoms with E-state index in [0.717, 1.165) is 11.6 Å². The van der Waals surface area contributed by atoms with Crippen LogP contribution in [0.5, 0.6) is 0 Å². The Kier molecular flexibility index (Phi) is 6.31. The van der Waals surface area contributed by atoms with E-state index < -0.39 is 11.7 Å². The van der Waals surface area contributed by atoms with Crippen molar-refractivity contribution in [2.45, 2.75) is 19.1 Å². The van der Waals surface area contributed by atoms with Gasteiger partial charge in [-0.15, -0.1) is 0 Å². The Balaban J connectivity index is 1.87. The summed E-state index contributed by atoms with van der Waals surface area (Å²) >= 11 is 5.58. The van der Waals surface area contributed by atoms with Gasteiger partial charge in [-0.05, 0) is 23.8 Å². The molecule has 0 aliphatic rings. The average molecular weight is 371 g/mol. The van der Waals surface area contributed by atoms with Crippen LogP contribution >= 0.6 is 11.6 Å². The molecule has 0 heterocycles. The number of rotatable bonds is 6. The van der Waals surface area contributed by atoms with Crippen molar-refractivity contribution in [3.63, 3.8) is 0 Å². The van der Waals surface area contributed by atoms with Crippen molar-refractivity contribution < 1.29 is 18.0 Å². The minimum Gasteiger partial charge on any atom is -0.385 e. The summed E-state index contributed by atoms with van der Waals surface area (Å²) in [6.45, 7) is 0.718. The lowest BCUT2D eigenvalue weighted by Crippen LogP contribution is -2.27. The highest BCUT2D eigenvalue weighted by Gasteiger charge is 2.33. The van der Waals surface area contributed by atoms with Crippen LogP contribution in [-0.2, 0) is 17.5 Å². The zero-order valence-corrected chi connectivity index (χ0v) is 14.4. The fourth-order valence-electron chi connectivity index (χ4n) is 2.30. The van der Waals surface area contributed by atoms with E-state index in [4.69, 9.17) is 11.6 Å². The number of nitrogens with zero attached hydrogens (tertiary/aromatic N) is 1. The molecular weight excluding hydrogens is 353 g/mol. The highest BCUT2D eigenvalue weighted by Crippen LogP contribution is 2.36. The quantitative estimate of drug-likeness (QED) is 0.790. The average Bonchev–Trinajstić information content (AvgIpc) is 2.56. The van der Waals surface area contributed by atoms with Gasteiger partial charge in [-0.2, -0.15) is 13.2 Å². The van der Waals surface area contributed by atoms with E-state index in [-0.39, 0.29) is 29.6 Å². The fourth-order valence-corrected chi connectivity index (χ4v) is 2.53. The molecule has 0 unspecified atom stereocenters. The zero-order valence-electron chi connectivity index (χ0n) is 13.6. The highest BCUT2D eigenvalue weighted by molar-refractivity contribution is 6.31. The van der Waals surface area contributed by atoms with Crippen LogP contribution in [0.1, 0.15) is 17.5 Å². The highest BCUT2D eigenvalue weighted by atomic mass is 35.5. The monoisotopic (exact) mass is 370 g/mol. The molecule has 0 radical (unpaired) electrons. The van der Waals surface area contributed by atoms with Gasteiger partial charge in [0.25, 0.3) is 0 Å². The van der Waals surface area contributed by atoms with Crippen LogP contribution in [0.4, 0.5) is 18.9 Å². The molecule has 0 saturated heterocycles. The third kappa shape index (κ3) is 5.67. The van der Waals surface area contributed by atoms with Crippen molar-refractivity contribution in [1.29, 1.82) is 0 Å². The second kappa shape index (κ2) is 8.25. The molecule has 25 heavy (non-hydrogen) atoms. The molecule has 2 aromatic rings. The molecule has 0 aliphatic heterocycles. The lowest BCUT2D eigenvalue weighted by molar-refractivity contribution is -0.137. The fraction of sp³-hybridized carbons (Fsp3) is 0.278. The Labute approximate surface area is 149 Å². The van der Waals surface area contributed by atoms with Crippen molar-refractivity contribution in [2.75, 3.05) is 18.9 Å². The molecule has 2 rings (SSSR count). The maximum atomic E-state index is 12.8. The van der Waals surface area contributed by atoms with E-state index in [1.807, 2.05) is 30.3 Å². The summed E-state index contributed by atoms with van der Waals surface area (Å²) in [6.07, 6.45) is -4.34. The first-order chi connectivity index (χ1) is 11.8. The van der Waals surface area contributed by atoms with Crippen LogP contribution < -0.4 is 5.32 Å². The van der Waals surface area contributed by atoms with Gasteiger partial charge in [0.1, 0.15) is 0 Å². The van der Waals surface area contributed by atoms with Gasteiger partial charge in [0.15, 0.2) is 0 Å². The molecule has 0 aromatic heterocycles. The van der Waals surface area contributed by atoms with E-state index in [0.29, 0.717) is 6.54 Å². The Morgan fingerprint density at radius 3 is 2.48 bits per heavy atom. The predicted octanol–water partition coefficient (Wildman–Crippen LogP) is 4.82. The van der Waals surface area contributed by atoms with E-state index in [2.05, 4.69) is 5.32 Å². The molecule has 0 spiro atoms. The van der Waals surface area contributed by atoms with Crippen molar-refractivity contribution in [3.8, 4) is 0 Å². The molecule has 0 saturated carbocycles. The molecule has 0 fully saturated rings. The molecule has 3 nitrogen and oxygen atoms in total. The summed E-state index contributed by atoms with van der Waals surface area (Å²) in [4.78, 5) is 13.7. The number of halogens is 4. The molecule has 7 heteroatoms. The van der Waals surface area contributed by atoms with Crippen LogP contribution in [0.2, 0.25) is 5.02 Å². The maximum Gasteiger partial charge on any atom is 0.417 e. The number of benzene rings is 2. The number of nitrogens with one attached hydrogen (secondary N) is 1. The van der Waals surface area contributed by atoms with Crippen molar-refractivity contribution in [2.24, 2.45) is 0 Å². The Morgan fingerprint density at radius 2 is 1.84 bits per heavy atom. The first-order valence-corrected chi connectivity index (χ1v) is 8.03. The second-order valence-corrected chi connectivity index (χ2v) is 6.01. The largest absolute Gasteiger partial charge is 0.417 e. The Bertz CT molecular complexity index is 720. The first kappa shape index (κ1) is 19.1. The topological polar surface area (TPSA) is 32.3 Å². The molecule has 0 aliphatic carbocycles. The third-order valence-corrected chi connectivity index (χ3v) is 3.96. The SMILES string of the molecule is CN(Cc1ccccc1)C(=O)CCNc1ccc(Cl)c(C(F)(F)F)c1. The number of carbonyl (C=O) groups is 1. The number of alkyl halides is 3. The smallest absolute Gasteiger partial charge is 0.385 e. The van der Waals surface area contributed by atoms with Crippen molar-refractivity contribution in [1.82, 2.24) is 4.90 Å². The lowest BCUT2D eigenvalue weighted by Gasteiger charge is -2.18. The standard InChI is InChI=1S/C18H18ClF3N2O/c1-24(12-13-5-3-2-4-6-13)17(25)9-10-23-14-7-8-16(19)15(11-14)18(20,21)22/h2-8,11,23H,9-10,12H2,1H3. The first-order valence-electron chi connectivity index (χ1n) is 7.66. The minimum absolute atomic E-state index is 0.0960. The van der Waals surface area contributed by atoms with E-state index >= 15 is 0 Å². The maximum absolute atomic E-state index is 12.8. The van der Waals surface area contributed by atoms with Crippen LogP contribution in [0, 0.1) is 0 Å². The van der Waals surface area contributed by atoms with Crippen molar-refractivity contribution in [3.05, 3.63) is 64.7 Å². The number of hydrogen-bond acceptors (Lipinski definition) is 2. The predicted molar refractivity (Wildman–Crippen MR) is 92.5 cm³/mol. The van der Waals surface area contributed by atoms with E-state index in [9.17, 15) is 18.0 Å². The van der Waals surface area contributed by atoms with Gasteiger partial charge < -0.3 is 10.2 Å². The van der Waals surface area contributed by atoms with Gasteiger partial charge >= 0.3 is 6.18 Å². The molecular formula is C18H18ClF3N2O. The summed E-state index contributed by atoms with van der Waals surface area (Å²) in [5.41, 5.74) is 0.390. The third-order valence-electron chi connectivity index (χ3n) is 3.63. The molecule has 1 N–H and O–H groups in total. The van der Waals surface area contributed by atoms with E-state index in [1.54, 1.807) is 11.9 Å². The van der Waals surface area contributed by atoms with Gasteiger partial charge in [0.05, 0.1) is 10.6 Å². The van der Waals surface area contributed by atoms with Gasteiger partial charge in [-0.3, -0.25) is 4.79 Å². The zero-order chi connectivity index (χ0) is 18.4. The number of carbonyl (C=O) groups excluding carboxylic acids is 1.